The number of carbonyl (C=O) groups excluding carboxylic acids is 1. The first kappa shape index (κ1) is 10.2. The molecule has 0 aliphatic carbocycles. The molecule has 0 aliphatic heterocycles. The Morgan fingerprint density at radius 1 is 1.44 bits per heavy atom. The highest BCUT2D eigenvalue weighted by Gasteiger charge is 2.13. The van der Waals surface area contributed by atoms with Crippen LogP contribution in [0.25, 0.3) is 11.0 Å². The third-order valence-corrected chi connectivity index (χ3v) is 2.17. The van der Waals surface area contributed by atoms with Crippen LogP contribution >= 0.6 is 0 Å². The summed E-state index contributed by atoms with van der Waals surface area (Å²) in [6.45, 7) is 0. The maximum atomic E-state index is 11.6. The Hall–Kier alpha value is -2.30. The monoisotopic (exact) mass is 219 g/mol. The molecule has 0 amide bonds. The molecule has 1 heterocycles. The summed E-state index contributed by atoms with van der Waals surface area (Å²) in [7, 11) is 1.21. The number of anilines is 1. The van der Waals surface area contributed by atoms with Gasteiger partial charge in [0.15, 0.2) is 11.0 Å². The minimum absolute atomic E-state index is 0.155. The molecule has 5 heteroatoms. The van der Waals surface area contributed by atoms with Gasteiger partial charge in [0.25, 0.3) is 0 Å². The molecule has 0 saturated heterocycles. The van der Waals surface area contributed by atoms with Crippen molar-refractivity contribution in [1.29, 1.82) is 0 Å². The molecule has 2 aromatic rings. The molecule has 0 bridgehead atoms. The number of benzene rings is 1. The number of ether oxygens (including phenoxy) is 1. The van der Waals surface area contributed by atoms with E-state index in [2.05, 4.69) is 4.74 Å². The van der Waals surface area contributed by atoms with E-state index in [4.69, 9.17) is 10.2 Å². The zero-order chi connectivity index (χ0) is 11.7. The van der Waals surface area contributed by atoms with Gasteiger partial charge in [0, 0.05) is 6.07 Å². The summed E-state index contributed by atoms with van der Waals surface area (Å²) in [5.41, 5.74) is 5.84. The summed E-state index contributed by atoms with van der Waals surface area (Å²) in [6, 6.07) is 5.91. The SMILES string of the molecule is COC(=O)c1cc(=O)c2cccc(N)c2o1. The van der Waals surface area contributed by atoms with Gasteiger partial charge in [-0.3, -0.25) is 4.79 Å². The fourth-order valence-electron chi connectivity index (χ4n) is 1.40. The summed E-state index contributed by atoms with van der Waals surface area (Å²) in [5, 5.41) is 0.340. The van der Waals surface area contributed by atoms with Crippen molar-refractivity contribution < 1.29 is 13.9 Å². The summed E-state index contributed by atoms with van der Waals surface area (Å²) >= 11 is 0. The average Bonchev–Trinajstić information content (AvgIpc) is 2.29. The van der Waals surface area contributed by atoms with Crippen LogP contribution in [0.15, 0.2) is 33.5 Å². The average molecular weight is 219 g/mol. The predicted octanol–water partition coefficient (Wildman–Crippen LogP) is 1.16. The van der Waals surface area contributed by atoms with Crippen LogP contribution < -0.4 is 11.2 Å². The second-order valence-electron chi connectivity index (χ2n) is 3.19. The Kier molecular flexibility index (Phi) is 2.36. The number of esters is 1. The van der Waals surface area contributed by atoms with Crippen molar-refractivity contribution in [2.75, 3.05) is 12.8 Å². The van der Waals surface area contributed by atoms with E-state index in [-0.39, 0.29) is 16.8 Å². The molecule has 0 unspecified atom stereocenters. The molecule has 5 nitrogen and oxygen atoms in total. The lowest BCUT2D eigenvalue weighted by Gasteiger charge is -2.02. The largest absolute Gasteiger partial charge is 0.463 e. The molecule has 1 aromatic heterocycles. The molecular weight excluding hydrogens is 210 g/mol. The Balaban J connectivity index is 2.80. The minimum atomic E-state index is -0.706. The van der Waals surface area contributed by atoms with Crippen molar-refractivity contribution in [1.82, 2.24) is 0 Å². The summed E-state index contributed by atoms with van der Waals surface area (Å²) in [5.74, 6) is -0.861. The second kappa shape index (κ2) is 3.69. The summed E-state index contributed by atoms with van der Waals surface area (Å²) < 4.78 is 9.69. The number of nitrogens with two attached hydrogens (primary N) is 1. The molecule has 2 N–H and O–H groups in total. The van der Waals surface area contributed by atoms with Crippen LogP contribution in [0, 0.1) is 0 Å². The van der Waals surface area contributed by atoms with Gasteiger partial charge in [-0.25, -0.2) is 4.79 Å². The van der Waals surface area contributed by atoms with E-state index in [0.29, 0.717) is 11.1 Å². The Labute approximate surface area is 90.4 Å². The number of hydrogen-bond acceptors (Lipinski definition) is 5. The standard InChI is InChI=1S/C11H9NO4/c1-15-11(14)9-5-8(13)6-3-2-4-7(12)10(6)16-9/h2-5H,12H2,1H3. The van der Waals surface area contributed by atoms with Crippen LogP contribution in [0.3, 0.4) is 0 Å². The van der Waals surface area contributed by atoms with Crippen molar-refractivity contribution in [2.24, 2.45) is 0 Å². The number of rotatable bonds is 1. The van der Waals surface area contributed by atoms with Crippen LogP contribution in [-0.2, 0) is 4.74 Å². The number of nitrogen functional groups attached to an aromatic ring is 1. The summed E-state index contributed by atoms with van der Waals surface area (Å²) in [4.78, 5) is 22.9. The van der Waals surface area contributed by atoms with E-state index >= 15 is 0 Å². The zero-order valence-electron chi connectivity index (χ0n) is 8.52. The number of methoxy groups -OCH3 is 1. The molecule has 1 aromatic carbocycles. The van der Waals surface area contributed by atoms with Crippen LogP contribution in [-0.4, -0.2) is 13.1 Å². The van der Waals surface area contributed by atoms with Crippen molar-refractivity contribution in [2.45, 2.75) is 0 Å². The Bertz CT molecular complexity index is 615. The van der Waals surface area contributed by atoms with Crippen molar-refractivity contribution in [3.8, 4) is 0 Å². The van der Waals surface area contributed by atoms with Gasteiger partial charge in [-0.2, -0.15) is 0 Å². The van der Waals surface area contributed by atoms with Crippen LogP contribution in [0.5, 0.6) is 0 Å². The topological polar surface area (TPSA) is 82.5 Å². The minimum Gasteiger partial charge on any atom is -0.463 e. The number of hydrogen-bond donors (Lipinski definition) is 1. The molecule has 0 spiro atoms. The molecule has 0 aliphatic rings. The molecule has 16 heavy (non-hydrogen) atoms. The highest BCUT2D eigenvalue weighted by Crippen LogP contribution is 2.19. The maximum absolute atomic E-state index is 11.6. The molecule has 2 rings (SSSR count). The molecular formula is C11H9NO4. The Morgan fingerprint density at radius 3 is 2.88 bits per heavy atom. The Morgan fingerprint density at radius 2 is 2.19 bits per heavy atom. The lowest BCUT2D eigenvalue weighted by molar-refractivity contribution is 0.0566. The lowest BCUT2D eigenvalue weighted by Crippen LogP contribution is -2.08. The van der Waals surface area contributed by atoms with E-state index in [1.807, 2.05) is 0 Å². The fraction of sp³-hybridized carbons (Fsp3) is 0.0909. The van der Waals surface area contributed by atoms with Gasteiger partial charge in [-0.15, -0.1) is 0 Å². The highest BCUT2D eigenvalue weighted by molar-refractivity contribution is 5.92. The second-order valence-corrected chi connectivity index (χ2v) is 3.19. The third-order valence-electron chi connectivity index (χ3n) is 2.17. The van der Waals surface area contributed by atoms with Gasteiger partial charge in [-0.1, -0.05) is 6.07 Å². The predicted molar refractivity (Wildman–Crippen MR) is 58.2 cm³/mol. The van der Waals surface area contributed by atoms with E-state index in [1.54, 1.807) is 18.2 Å². The maximum Gasteiger partial charge on any atom is 0.374 e. The van der Waals surface area contributed by atoms with Gasteiger partial charge in [0.05, 0.1) is 18.2 Å². The van der Waals surface area contributed by atoms with Crippen molar-refractivity contribution in [3.63, 3.8) is 0 Å². The normalized spacial score (nSPS) is 10.3. The lowest BCUT2D eigenvalue weighted by atomic mass is 10.2. The quantitative estimate of drug-likeness (QED) is 0.574. The third kappa shape index (κ3) is 1.52. The van der Waals surface area contributed by atoms with Crippen molar-refractivity contribution in [3.05, 3.63) is 40.2 Å². The molecule has 0 fully saturated rings. The fourth-order valence-corrected chi connectivity index (χ4v) is 1.40. The molecule has 82 valence electrons. The van der Waals surface area contributed by atoms with Gasteiger partial charge in [0.1, 0.15) is 0 Å². The zero-order valence-corrected chi connectivity index (χ0v) is 8.52. The highest BCUT2D eigenvalue weighted by atomic mass is 16.5. The number of fused-ring (bicyclic) bond motifs is 1. The molecule has 0 atom stereocenters. The van der Waals surface area contributed by atoms with Crippen molar-refractivity contribution >= 4 is 22.6 Å². The first-order valence-corrected chi connectivity index (χ1v) is 4.54. The van der Waals surface area contributed by atoms with Gasteiger partial charge >= 0.3 is 5.97 Å². The molecule has 0 radical (unpaired) electrons. The smallest absolute Gasteiger partial charge is 0.374 e. The van der Waals surface area contributed by atoms with Gasteiger partial charge in [-0.05, 0) is 12.1 Å². The summed E-state index contributed by atoms with van der Waals surface area (Å²) in [6.07, 6.45) is 0. The number of carbonyl (C=O) groups is 1. The van der Waals surface area contributed by atoms with Gasteiger partial charge < -0.3 is 14.9 Å². The van der Waals surface area contributed by atoms with E-state index in [0.717, 1.165) is 6.07 Å². The van der Waals surface area contributed by atoms with Gasteiger partial charge in [0.2, 0.25) is 5.76 Å². The first-order chi connectivity index (χ1) is 7.63. The van der Waals surface area contributed by atoms with Crippen LogP contribution in [0.2, 0.25) is 0 Å². The van der Waals surface area contributed by atoms with Crippen LogP contribution in [0.4, 0.5) is 5.69 Å². The van der Waals surface area contributed by atoms with E-state index < -0.39 is 5.97 Å². The number of para-hydroxylation sites is 1. The van der Waals surface area contributed by atoms with E-state index in [9.17, 15) is 9.59 Å². The first-order valence-electron chi connectivity index (χ1n) is 4.54. The van der Waals surface area contributed by atoms with E-state index in [1.165, 1.54) is 7.11 Å². The van der Waals surface area contributed by atoms with Crippen LogP contribution in [0.1, 0.15) is 10.6 Å². The molecule has 0 saturated carbocycles.